The first-order valence-electron chi connectivity index (χ1n) is 8.93. The van der Waals surface area contributed by atoms with Crippen molar-refractivity contribution in [1.29, 1.82) is 0 Å². The second-order valence-corrected chi connectivity index (χ2v) is 7.18. The lowest BCUT2D eigenvalue weighted by molar-refractivity contribution is 0.403. The lowest BCUT2D eigenvalue weighted by Crippen LogP contribution is -2.43. The first-order chi connectivity index (χ1) is 14.7. The van der Waals surface area contributed by atoms with Gasteiger partial charge in [-0.15, -0.1) is 5.46 Å². The first kappa shape index (κ1) is 23.8. The van der Waals surface area contributed by atoms with E-state index in [2.05, 4.69) is 0 Å². The van der Waals surface area contributed by atoms with Crippen molar-refractivity contribution in [1.82, 2.24) is 0 Å². The fourth-order valence-electron chi connectivity index (χ4n) is 3.49. The molecule has 16 radical (unpaired) electrons. The van der Waals surface area contributed by atoms with E-state index in [0.29, 0.717) is 0 Å². The van der Waals surface area contributed by atoms with Crippen LogP contribution >= 0.6 is 0 Å². The van der Waals surface area contributed by atoms with Crippen molar-refractivity contribution in [2.75, 3.05) is 0 Å². The minimum atomic E-state index is -0.831. The van der Waals surface area contributed by atoms with E-state index in [-0.39, 0.29) is 66.1 Å². The molecule has 0 unspecified atom stereocenters. The number of phenolic OH excluding ortho intramolecular Hbond substituents is 5. The fraction of sp³-hybridized carbons (Fsp3) is 0.0526. The van der Waals surface area contributed by atoms with Crippen molar-refractivity contribution in [3.8, 4) is 51.0 Å². The van der Waals surface area contributed by atoms with E-state index in [0.717, 1.165) is 0 Å². The third-order valence-electron chi connectivity index (χ3n) is 5.44. The average molecular weight is 403 g/mol. The van der Waals surface area contributed by atoms with Crippen LogP contribution in [0.1, 0.15) is 5.56 Å². The quantitative estimate of drug-likeness (QED) is 0.217. The Bertz CT molecular complexity index is 1140. The second-order valence-electron chi connectivity index (χ2n) is 7.18. The highest BCUT2D eigenvalue weighted by Gasteiger charge is 2.27. The zero-order valence-electron chi connectivity index (χ0n) is 16.9. The molecule has 0 aliphatic carbocycles. The van der Waals surface area contributed by atoms with Crippen LogP contribution in [0, 0.1) is 6.92 Å². The van der Waals surface area contributed by atoms with Gasteiger partial charge >= 0.3 is 0 Å². The molecular formula is C19H8B8O5. The van der Waals surface area contributed by atoms with Gasteiger partial charge in [-0.3, -0.25) is 0 Å². The highest BCUT2D eigenvalue weighted by Crippen LogP contribution is 2.39. The van der Waals surface area contributed by atoms with Crippen molar-refractivity contribution < 1.29 is 25.5 Å². The molecule has 0 amide bonds. The monoisotopic (exact) mass is 404 g/mol. The van der Waals surface area contributed by atoms with E-state index in [1.807, 2.05) is 0 Å². The average Bonchev–Trinajstić information content (AvgIpc) is 2.76. The van der Waals surface area contributed by atoms with Gasteiger partial charge < -0.3 is 25.5 Å². The summed E-state index contributed by atoms with van der Waals surface area (Å²) in [7, 11) is 47.6. The molecule has 0 atom stereocenters. The topological polar surface area (TPSA) is 101 Å². The van der Waals surface area contributed by atoms with Gasteiger partial charge in [0.05, 0.1) is 0 Å². The smallest absolute Gasteiger partial charge is 0.165 e. The van der Waals surface area contributed by atoms with Gasteiger partial charge in [0.25, 0.3) is 0 Å². The zero-order chi connectivity index (χ0) is 24.4. The van der Waals surface area contributed by atoms with Gasteiger partial charge in [-0.2, -0.15) is 0 Å². The van der Waals surface area contributed by atoms with Crippen molar-refractivity contribution in [3.63, 3.8) is 0 Å². The van der Waals surface area contributed by atoms with Crippen LogP contribution in [-0.4, -0.2) is 88.3 Å². The third-order valence-corrected chi connectivity index (χ3v) is 5.44. The number of phenols is 5. The number of aromatic hydroxyl groups is 5. The van der Waals surface area contributed by atoms with Crippen LogP contribution in [0.5, 0.6) is 28.7 Å². The zero-order valence-corrected chi connectivity index (χ0v) is 16.9. The van der Waals surface area contributed by atoms with Crippen molar-refractivity contribution >= 4 is 106 Å². The van der Waals surface area contributed by atoms with Gasteiger partial charge in [-0.1, -0.05) is 32.8 Å². The Kier molecular flexibility index (Phi) is 5.92. The molecule has 0 aliphatic rings. The van der Waals surface area contributed by atoms with Crippen molar-refractivity contribution in [3.05, 3.63) is 5.56 Å². The summed E-state index contributed by atoms with van der Waals surface area (Å²) in [5, 5.41) is 52.1. The van der Waals surface area contributed by atoms with Crippen LogP contribution in [0.25, 0.3) is 22.3 Å². The highest BCUT2D eigenvalue weighted by atomic mass is 16.3. The van der Waals surface area contributed by atoms with E-state index in [9.17, 15) is 25.5 Å². The molecule has 138 valence electrons. The van der Waals surface area contributed by atoms with Gasteiger partial charge in [0.2, 0.25) is 0 Å². The van der Waals surface area contributed by atoms with Gasteiger partial charge in [-0.05, 0) is 23.5 Å². The summed E-state index contributed by atoms with van der Waals surface area (Å²) in [5.74, 6) is -3.65. The summed E-state index contributed by atoms with van der Waals surface area (Å²) in [6.45, 7) is 1.43. The molecule has 32 heavy (non-hydrogen) atoms. The first-order valence-corrected chi connectivity index (χ1v) is 8.93. The summed E-state index contributed by atoms with van der Waals surface area (Å²) in [5.41, 5.74) is -3.48. The molecule has 0 aliphatic heterocycles. The van der Waals surface area contributed by atoms with E-state index < -0.39 is 34.2 Å². The molecule has 0 aromatic heterocycles. The Labute approximate surface area is 195 Å². The minimum Gasteiger partial charge on any atom is -0.508 e. The van der Waals surface area contributed by atoms with Crippen LogP contribution in [0.3, 0.4) is 0 Å². The molecule has 13 heteroatoms. The number of hydrogen-bond acceptors (Lipinski definition) is 5. The molecular weight excluding hydrogens is 395 g/mol. The Balaban J connectivity index is 2.50. The normalized spacial score (nSPS) is 11.0. The van der Waals surface area contributed by atoms with Crippen LogP contribution in [-0.2, 0) is 0 Å². The van der Waals surface area contributed by atoms with E-state index >= 15 is 0 Å². The lowest BCUT2D eigenvalue weighted by Gasteiger charge is -2.26. The van der Waals surface area contributed by atoms with Crippen LogP contribution in [0.4, 0.5) is 0 Å². The maximum absolute atomic E-state index is 10.9. The van der Waals surface area contributed by atoms with Crippen LogP contribution in [0.2, 0.25) is 0 Å². The Morgan fingerprint density at radius 3 is 1.28 bits per heavy atom. The second kappa shape index (κ2) is 7.95. The predicted octanol–water partition coefficient (Wildman–Crippen LogP) is -5.79. The Morgan fingerprint density at radius 2 is 0.719 bits per heavy atom. The summed E-state index contributed by atoms with van der Waals surface area (Å²) in [6.07, 6.45) is 0. The molecule has 3 aromatic rings. The molecule has 3 aromatic carbocycles. The van der Waals surface area contributed by atoms with Gasteiger partial charge in [0, 0.05) is 16.7 Å². The molecule has 0 fully saturated rings. The highest BCUT2D eigenvalue weighted by molar-refractivity contribution is 6.62. The van der Waals surface area contributed by atoms with Crippen molar-refractivity contribution in [2.45, 2.75) is 6.92 Å². The lowest BCUT2D eigenvalue weighted by atomic mass is 9.62. The summed E-state index contributed by atoms with van der Waals surface area (Å²) >= 11 is 0. The summed E-state index contributed by atoms with van der Waals surface area (Å²) in [4.78, 5) is 0. The fourth-order valence-corrected chi connectivity index (χ4v) is 3.49. The molecule has 0 saturated carbocycles. The molecule has 0 spiro atoms. The molecule has 5 N–H and O–H groups in total. The van der Waals surface area contributed by atoms with Gasteiger partial charge in [0.15, 0.2) is 17.2 Å². The van der Waals surface area contributed by atoms with Crippen LogP contribution in [0.15, 0.2) is 0 Å². The number of benzene rings is 3. The molecule has 3 rings (SSSR count). The third kappa shape index (κ3) is 3.13. The molecule has 0 saturated heterocycles. The number of hydrogen-bond donors (Lipinski definition) is 5. The van der Waals surface area contributed by atoms with Gasteiger partial charge in [-0.25, -0.2) is 0 Å². The number of rotatable bonds is 2. The van der Waals surface area contributed by atoms with Crippen molar-refractivity contribution in [2.24, 2.45) is 0 Å². The molecule has 0 bridgehead atoms. The minimum absolute atomic E-state index is 0.0608. The van der Waals surface area contributed by atoms with E-state index in [1.165, 1.54) is 6.92 Å². The summed E-state index contributed by atoms with van der Waals surface area (Å²) in [6, 6.07) is 0. The Hall–Kier alpha value is -2.82. The summed E-state index contributed by atoms with van der Waals surface area (Å²) < 4.78 is 0. The van der Waals surface area contributed by atoms with Crippen LogP contribution < -0.4 is 43.7 Å². The van der Waals surface area contributed by atoms with E-state index in [1.54, 1.807) is 0 Å². The maximum atomic E-state index is 10.9. The largest absolute Gasteiger partial charge is 0.508 e. The predicted molar refractivity (Wildman–Crippen MR) is 133 cm³/mol. The molecule has 0 heterocycles. The maximum Gasteiger partial charge on any atom is 0.165 e. The standard InChI is InChI=1S/C19H8B8O5/c1-2-7(20)9(22)4(17(30)15(2)28)3-8(21)10(23)5(16(29)12(3)25)6-11(24)13(26)14(27)19(32)18(6)31/h28-32H,1H3. The van der Waals surface area contributed by atoms with E-state index in [4.69, 9.17) is 62.8 Å². The SMILES string of the molecule is [B]c1c([B])c(O)c(O)c(-c2c([B])c([B])c(-c3c([B])c([B])c(C)c(O)c3O)c([B])c2O)c1[B]. The Morgan fingerprint density at radius 1 is 0.344 bits per heavy atom. The van der Waals surface area contributed by atoms with Gasteiger partial charge in [0.1, 0.15) is 74.3 Å². The molecule has 5 nitrogen and oxygen atoms in total.